The lowest BCUT2D eigenvalue weighted by Gasteiger charge is -2.15. The van der Waals surface area contributed by atoms with Crippen molar-refractivity contribution in [2.45, 2.75) is 108 Å². The second-order valence-electron chi connectivity index (χ2n) is 14.5. The monoisotopic (exact) mass is 705 g/mol. The first-order valence-corrected chi connectivity index (χ1v) is 18.9. The second-order valence-corrected chi connectivity index (χ2v) is 14.5. The van der Waals surface area contributed by atoms with E-state index >= 15 is 0 Å². The van der Waals surface area contributed by atoms with Crippen LogP contribution in [0.3, 0.4) is 0 Å². The molecule has 2 N–H and O–H groups in total. The molecule has 284 valence electrons. The van der Waals surface area contributed by atoms with Gasteiger partial charge in [0, 0.05) is 0 Å². The molecule has 2 nitrogen and oxygen atoms in total. The molecule has 0 bridgehead atoms. The SMILES string of the molecule is C=C(C)[C@H](C/C=C(\C)CO)CC/C(C)=C/C=C/C(C)=C/C=C/C(C)=C/C=C/C=C(C)/C=C/C=C(C)/C=C/C=C(\C)CC[C@H](C/C=C(\C)CO)C(=C)C. The zero-order chi connectivity index (χ0) is 39.3. The van der Waals surface area contributed by atoms with Crippen LogP contribution in [0, 0.1) is 11.8 Å². The molecule has 0 aromatic rings. The van der Waals surface area contributed by atoms with Crippen LogP contribution in [0.4, 0.5) is 0 Å². The Bertz CT molecular complexity index is 1400. The van der Waals surface area contributed by atoms with E-state index in [4.69, 9.17) is 0 Å². The van der Waals surface area contributed by atoms with Gasteiger partial charge < -0.3 is 10.2 Å². The molecule has 0 saturated heterocycles. The Hall–Kier alpha value is -3.98. The van der Waals surface area contributed by atoms with Crippen molar-refractivity contribution in [1.82, 2.24) is 0 Å². The van der Waals surface area contributed by atoms with E-state index in [1.54, 1.807) is 0 Å². The van der Waals surface area contributed by atoms with Crippen LogP contribution in [-0.4, -0.2) is 23.4 Å². The zero-order valence-electron chi connectivity index (χ0n) is 34.5. The first-order chi connectivity index (χ1) is 24.7. The minimum absolute atomic E-state index is 0.125. The molecular weight excluding hydrogens is 633 g/mol. The molecule has 0 unspecified atom stereocenters. The first-order valence-electron chi connectivity index (χ1n) is 18.9. The smallest absolute Gasteiger partial charge is 0.0639 e. The molecule has 2 atom stereocenters. The average molecular weight is 705 g/mol. The van der Waals surface area contributed by atoms with Gasteiger partial charge in [0.15, 0.2) is 0 Å². The quantitative estimate of drug-likeness (QED) is 0.0776. The largest absolute Gasteiger partial charge is 0.392 e. The van der Waals surface area contributed by atoms with Crippen molar-refractivity contribution >= 4 is 0 Å². The molecule has 0 aromatic heterocycles. The number of allylic oxidation sites excluding steroid dienone is 26. The fraction of sp³-hybridized carbons (Fsp3) is 0.400. The van der Waals surface area contributed by atoms with Crippen molar-refractivity contribution in [3.63, 3.8) is 0 Å². The minimum atomic E-state index is 0.125. The molecule has 52 heavy (non-hydrogen) atoms. The maximum atomic E-state index is 9.25. The average Bonchev–Trinajstić information content (AvgIpc) is 3.09. The Labute approximate surface area is 320 Å². The number of aliphatic hydroxyl groups is 2. The molecule has 0 rings (SSSR count). The fourth-order valence-corrected chi connectivity index (χ4v) is 4.99. The highest BCUT2D eigenvalue weighted by atomic mass is 16.3. The van der Waals surface area contributed by atoms with Crippen molar-refractivity contribution in [2.24, 2.45) is 11.8 Å². The maximum absolute atomic E-state index is 9.25. The van der Waals surface area contributed by atoms with Crippen LogP contribution in [0.15, 0.2) is 178 Å². The molecule has 0 heterocycles. The predicted molar refractivity (Wildman–Crippen MR) is 234 cm³/mol. The molecule has 0 aliphatic rings. The lowest BCUT2D eigenvalue weighted by atomic mass is 9.90. The molecule has 0 saturated carbocycles. The fourth-order valence-electron chi connectivity index (χ4n) is 4.99. The van der Waals surface area contributed by atoms with Gasteiger partial charge in [-0.05, 0) is 120 Å². The molecule has 2 heteroatoms. The number of hydrogen-bond donors (Lipinski definition) is 2. The Morgan fingerprint density at radius 3 is 1.00 bits per heavy atom. The van der Waals surface area contributed by atoms with Gasteiger partial charge in [-0.2, -0.15) is 0 Å². The van der Waals surface area contributed by atoms with Gasteiger partial charge in [-0.25, -0.2) is 0 Å². The second kappa shape index (κ2) is 29.6. The number of aliphatic hydroxyl groups excluding tert-OH is 2. The standard InChI is InChI=1S/C50H72O2/c1-39(2)49(35-31-47(11)37-51)33-29-45(9)27-17-25-43(7)23-15-21-41(5)19-13-14-20-42(6)22-16-24-44(8)26-18-28-46(10)30-34-50(40(3)4)36-32-48(12)38-52/h13-28,31-32,49-52H,1,3,29-30,33-38H2,2,4-12H3/b14-13+,21-15+,22-16+,25-17+,26-18+,41-19+,42-20+,43-23+,44-24+,45-27+,46-28+,47-31+,48-32+/t49-,50+. The van der Waals surface area contributed by atoms with Gasteiger partial charge in [0.1, 0.15) is 0 Å². The van der Waals surface area contributed by atoms with Gasteiger partial charge in [-0.1, -0.05) is 178 Å². The Balaban J connectivity index is 4.88. The van der Waals surface area contributed by atoms with Gasteiger partial charge in [0.25, 0.3) is 0 Å². The molecule has 0 aliphatic heterocycles. The molecule has 0 aliphatic carbocycles. The van der Waals surface area contributed by atoms with Gasteiger partial charge in [-0.3, -0.25) is 0 Å². The summed E-state index contributed by atoms with van der Waals surface area (Å²) in [6.45, 7) is 29.6. The summed E-state index contributed by atoms with van der Waals surface area (Å²) in [5, 5.41) is 18.5. The van der Waals surface area contributed by atoms with E-state index in [2.05, 4.69) is 178 Å². The summed E-state index contributed by atoms with van der Waals surface area (Å²) >= 11 is 0. The van der Waals surface area contributed by atoms with Crippen LogP contribution in [-0.2, 0) is 0 Å². The summed E-state index contributed by atoms with van der Waals surface area (Å²) in [6, 6.07) is 0. The van der Waals surface area contributed by atoms with Crippen molar-refractivity contribution < 1.29 is 10.2 Å². The molecule has 0 fully saturated rings. The third-order valence-corrected chi connectivity index (χ3v) is 8.91. The Kier molecular flexibility index (Phi) is 27.3. The van der Waals surface area contributed by atoms with Crippen molar-refractivity contribution in [3.05, 3.63) is 178 Å². The van der Waals surface area contributed by atoms with Crippen molar-refractivity contribution in [2.75, 3.05) is 13.2 Å². The van der Waals surface area contributed by atoms with E-state index in [9.17, 15) is 10.2 Å². The third kappa shape index (κ3) is 26.8. The summed E-state index contributed by atoms with van der Waals surface area (Å²) in [7, 11) is 0. The minimum Gasteiger partial charge on any atom is -0.392 e. The lowest BCUT2D eigenvalue weighted by molar-refractivity contribution is 0.330. The normalized spacial score (nSPS) is 16.5. The molecular formula is C50H72O2. The third-order valence-electron chi connectivity index (χ3n) is 8.91. The van der Waals surface area contributed by atoms with E-state index in [0.717, 1.165) is 49.7 Å². The van der Waals surface area contributed by atoms with Gasteiger partial charge in [-0.15, -0.1) is 0 Å². The van der Waals surface area contributed by atoms with E-state index in [-0.39, 0.29) is 13.2 Å². The van der Waals surface area contributed by atoms with Crippen LogP contribution < -0.4 is 0 Å². The van der Waals surface area contributed by atoms with Crippen LogP contribution in [0.25, 0.3) is 0 Å². The van der Waals surface area contributed by atoms with Crippen molar-refractivity contribution in [1.29, 1.82) is 0 Å². The highest BCUT2D eigenvalue weighted by Gasteiger charge is 2.09. The molecule has 0 aromatic carbocycles. The topological polar surface area (TPSA) is 40.5 Å². The van der Waals surface area contributed by atoms with Crippen LogP contribution in [0.5, 0.6) is 0 Å². The van der Waals surface area contributed by atoms with Gasteiger partial charge in [0.05, 0.1) is 13.2 Å². The Morgan fingerprint density at radius 1 is 0.423 bits per heavy atom. The maximum Gasteiger partial charge on any atom is 0.0639 e. The van der Waals surface area contributed by atoms with Crippen LogP contribution in [0.2, 0.25) is 0 Å². The summed E-state index contributed by atoms with van der Waals surface area (Å²) in [6.07, 6.45) is 44.4. The summed E-state index contributed by atoms with van der Waals surface area (Å²) < 4.78 is 0. The zero-order valence-corrected chi connectivity index (χ0v) is 34.5. The summed E-state index contributed by atoms with van der Waals surface area (Å²) in [5.41, 5.74) is 12.0. The first kappa shape index (κ1) is 48.0. The number of rotatable bonds is 24. The highest BCUT2D eigenvalue weighted by molar-refractivity contribution is 5.32. The Morgan fingerprint density at radius 2 is 0.712 bits per heavy atom. The van der Waals surface area contributed by atoms with Crippen LogP contribution >= 0.6 is 0 Å². The summed E-state index contributed by atoms with van der Waals surface area (Å²) in [5.74, 6) is 0.891. The molecule has 0 spiro atoms. The number of hydrogen-bond acceptors (Lipinski definition) is 2. The van der Waals surface area contributed by atoms with E-state index in [1.807, 2.05) is 13.8 Å². The van der Waals surface area contributed by atoms with E-state index < -0.39 is 0 Å². The van der Waals surface area contributed by atoms with Gasteiger partial charge in [0.2, 0.25) is 0 Å². The highest BCUT2D eigenvalue weighted by Crippen LogP contribution is 2.24. The van der Waals surface area contributed by atoms with E-state index in [1.165, 1.54) is 44.6 Å². The summed E-state index contributed by atoms with van der Waals surface area (Å²) in [4.78, 5) is 0. The van der Waals surface area contributed by atoms with Crippen LogP contribution in [0.1, 0.15) is 108 Å². The predicted octanol–water partition coefficient (Wildman–Crippen LogP) is 14.0. The lowest BCUT2D eigenvalue weighted by Crippen LogP contribution is -2.01. The van der Waals surface area contributed by atoms with E-state index in [0.29, 0.717) is 11.8 Å². The van der Waals surface area contributed by atoms with Crippen molar-refractivity contribution in [3.8, 4) is 0 Å². The molecule has 0 amide bonds. The molecule has 0 radical (unpaired) electrons. The van der Waals surface area contributed by atoms with Gasteiger partial charge >= 0.3 is 0 Å².